The number of hydrogen-bond acceptors (Lipinski definition) is 3. The molecule has 1 aromatic rings. The van der Waals surface area contributed by atoms with Gasteiger partial charge in [0.25, 0.3) is 0 Å². The molecule has 16 heavy (non-hydrogen) atoms. The average molecular weight is 220 g/mol. The molecular weight excluding hydrogens is 204 g/mol. The van der Waals surface area contributed by atoms with Gasteiger partial charge in [0.15, 0.2) is 0 Å². The Kier molecular flexibility index (Phi) is 5.25. The molecule has 86 valence electrons. The van der Waals surface area contributed by atoms with Crippen LogP contribution < -0.4 is 11.2 Å². The second kappa shape index (κ2) is 6.76. The number of nitrogens with two attached hydrogens (primary N) is 1. The monoisotopic (exact) mass is 220 g/mol. The van der Waals surface area contributed by atoms with Crippen molar-refractivity contribution in [3.05, 3.63) is 41.5 Å². The second-order valence-electron chi connectivity index (χ2n) is 3.39. The summed E-state index contributed by atoms with van der Waals surface area (Å²) in [6, 6.07) is 7.90. The van der Waals surface area contributed by atoms with Crippen molar-refractivity contribution in [2.75, 3.05) is 6.61 Å². The minimum Gasteiger partial charge on any atom is -0.352 e. The third-order valence-corrected chi connectivity index (χ3v) is 2.02. The van der Waals surface area contributed by atoms with E-state index >= 15 is 0 Å². The quantitative estimate of drug-likeness (QED) is 0.733. The van der Waals surface area contributed by atoms with Gasteiger partial charge in [0.1, 0.15) is 0 Å². The molecule has 4 heteroatoms. The van der Waals surface area contributed by atoms with E-state index in [-0.39, 0.29) is 5.91 Å². The van der Waals surface area contributed by atoms with Gasteiger partial charge in [-0.25, -0.2) is 5.90 Å². The number of hydrogen-bond donors (Lipinski definition) is 2. The molecule has 0 fully saturated rings. The normalized spacial score (nSPS) is 10.6. The van der Waals surface area contributed by atoms with Crippen LogP contribution in [0.15, 0.2) is 30.3 Å². The molecule has 0 aromatic heterocycles. The molecule has 1 aromatic carbocycles. The van der Waals surface area contributed by atoms with Crippen molar-refractivity contribution in [2.24, 2.45) is 5.90 Å². The molecule has 0 aliphatic heterocycles. The van der Waals surface area contributed by atoms with E-state index in [1.54, 1.807) is 0 Å². The van der Waals surface area contributed by atoms with Crippen LogP contribution in [0.2, 0.25) is 0 Å². The van der Waals surface area contributed by atoms with Crippen LogP contribution in [-0.2, 0) is 16.2 Å². The molecule has 1 amide bonds. The van der Waals surface area contributed by atoms with E-state index < -0.39 is 0 Å². The Labute approximate surface area is 95.1 Å². The van der Waals surface area contributed by atoms with E-state index in [0.29, 0.717) is 13.2 Å². The Hall–Kier alpha value is -1.65. The summed E-state index contributed by atoms with van der Waals surface area (Å²) in [5, 5.41) is 2.74. The van der Waals surface area contributed by atoms with Gasteiger partial charge < -0.3 is 10.2 Å². The Bertz CT molecular complexity index is 358. The molecule has 0 bridgehead atoms. The molecule has 0 saturated heterocycles. The summed E-state index contributed by atoms with van der Waals surface area (Å²) in [6.07, 6.45) is 3.76. The molecule has 0 radical (unpaired) electrons. The predicted molar refractivity (Wildman–Crippen MR) is 63.1 cm³/mol. The fourth-order valence-electron chi connectivity index (χ4n) is 1.21. The molecule has 0 aliphatic rings. The highest BCUT2D eigenvalue weighted by atomic mass is 16.6. The van der Waals surface area contributed by atoms with Crippen LogP contribution in [0.25, 0.3) is 6.08 Å². The van der Waals surface area contributed by atoms with Crippen molar-refractivity contribution in [1.29, 1.82) is 0 Å². The van der Waals surface area contributed by atoms with Gasteiger partial charge in [-0.1, -0.05) is 36.4 Å². The van der Waals surface area contributed by atoms with Crippen LogP contribution in [0.3, 0.4) is 0 Å². The van der Waals surface area contributed by atoms with Gasteiger partial charge in [-0.15, -0.1) is 0 Å². The van der Waals surface area contributed by atoms with E-state index in [9.17, 15) is 4.79 Å². The maximum absolute atomic E-state index is 10.7. The third kappa shape index (κ3) is 4.72. The molecule has 1 rings (SSSR count). The van der Waals surface area contributed by atoms with Gasteiger partial charge in [-0.2, -0.15) is 0 Å². The minimum atomic E-state index is -0.0240. The number of amides is 1. The summed E-state index contributed by atoms with van der Waals surface area (Å²) in [5.74, 6) is 4.87. The van der Waals surface area contributed by atoms with Gasteiger partial charge in [0.2, 0.25) is 5.91 Å². The highest BCUT2D eigenvalue weighted by Crippen LogP contribution is 2.05. The Balaban J connectivity index is 2.50. The lowest BCUT2D eigenvalue weighted by Crippen LogP contribution is -2.18. The Morgan fingerprint density at radius 3 is 2.69 bits per heavy atom. The standard InChI is InChI=1S/C12H16N2O2/c1-10(15)14-9-12-6-4-11(5-7-12)3-2-8-16-13/h2-7H,8-9,13H2,1H3,(H,14,15)/b3-2+. The SMILES string of the molecule is CC(=O)NCc1ccc(/C=C/CON)cc1. The predicted octanol–water partition coefficient (Wildman–Crippen LogP) is 1.23. The highest BCUT2D eigenvalue weighted by molar-refractivity contribution is 5.72. The van der Waals surface area contributed by atoms with E-state index in [0.717, 1.165) is 11.1 Å². The first kappa shape index (κ1) is 12.4. The molecule has 3 N–H and O–H groups in total. The van der Waals surface area contributed by atoms with E-state index in [1.165, 1.54) is 6.92 Å². The lowest BCUT2D eigenvalue weighted by molar-refractivity contribution is -0.119. The van der Waals surface area contributed by atoms with Gasteiger partial charge in [0, 0.05) is 13.5 Å². The fourth-order valence-corrected chi connectivity index (χ4v) is 1.21. The van der Waals surface area contributed by atoms with Crippen molar-refractivity contribution >= 4 is 12.0 Å². The summed E-state index contributed by atoms with van der Waals surface area (Å²) in [5.41, 5.74) is 2.14. The van der Waals surface area contributed by atoms with Crippen LogP contribution in [0.4, 0.5) is 0 Å². The zero-order valence-electron chi connectivity index (χ0n) is 9.27. The zero-order valence-corrected chi connectivity index (χ0v) is 9.27. The molecule has 0 unspecified atom stereocenters. The molecule has 0 spiro atoms. The van der Waals surface area contributed by atoms with E-state index in [1.807, 2.05) is 36.4 Å². The number of benzene rings is 1. The number of carbonyl (C=O) groups excluding carboxylic acids is 1. The van der Waals surface area contributed by atoms with Crippen LogP contribution in [0.1, 0.15) is 18.1 Å². The molecule has 0 saturated carbocycles. The van der Waals surface area contributed by atoms with Crippen LogP contribution in [0, 0.1) is 0 Å². The van der Waals surface area contributed by atoms with Crippen molar-refractivity contribution < 1.29 is 9.63 Å². The number of nitrogens with one attached hydrogen (secondary N) is 1. The number of rotatable bonds is 5. The van der Waals surface area contributed by atoms with Gasteiger partial charge in [-0.05, 0) is 11.1 Å². The van der Waals surface area contributed by atoms with Crippen molar-refractivity contribution in [2.45, 2.75) is 13.5 Å². The van der Waals surface area contributed by atoms with Gasteiger partial charge >= 0.3 is 0 Å². The highest BCUT2D eigenvalue weighted by Gasteiger charge is 1.94. The Morgan fingerprint density at radius 2 is 2.12 bits per heavy atom. The zero-order chi connectivity index (χ0) is 11.8. The topological polar surface area (TPSA) is 64.3 Å². The van der Waals surface area contributed by atoms with Gasteiger partial charge in [0.05, 0.1) is 6.61 Å². The maximum Gasteiger partial charge on any atom is 0.217 e. The summed E-state index contributed by atoms with van der Waals surface area (Å²) in [7, 11) is 0. The smallest absolute Gasteiger partial charge is 0.217 e. The van der Waals surface area contributed by atoms with Crippen molar-refractivity contribution in [3.8, 4) is 0 Å². The lowest BCUT2D eigenvalue weighted by atomic mass is 10.1. The molecular formula is C12H16N2O2. The molecule has 4 nitrogen and oxygen atoms in total. The largest absolute Gasteiger partial charge is 0.352 e. The summed E-state index contributed by atoms with van der Waals surface area (Å²) in [4.78, 5) is 15.1. The van der Waals surface area contributed by atoms with E-state index in [2.05, 4.69) is 10.2 Å². The van der Waals surface area contributed by atoms with Crippen LogP contribution >= 0.6 is 0 Å². The Morgan fingerprint density at radius 1 is 1.44 bits per heavy atom. The molecule has 0 aliphatic carbocycles. The summed E-state index contributed by atoms with van der Waals surface area (Å²) < 4.78 is 0. The fraction of sp³-hybridized carbons (Fsp3) is 0.250. The second-order valence-corrected chi connectivity index (χ2v) is 3.39. The van der Waals surface area contributed by atoms with Crippen molar-refractivity contribution in [1.82, 2.24) is 5.32 Å². The molecule has 0 atom stereocenters. The first-order chi connectivity index (χ1) is 7.72. The van der Waals surface area contributed by atoms with Crippen LogP contribution in [-0.4, -0.2) is 12.5 Å². The van der Waals surface area contributed by atoms with Crippen molar-refractivity contribution in [3.63, 3.8) is 0 Å². The first-order valence-corrected chi connectivity index (χ1v) is 5.04. The molecule has 0 heterocycles. The minimum absolute atomic E-state index is 0.0240. The van der Waals surface area contributed by atoms with Crippen LogP contribution in [0.5, 0.6) is 0 Å². The maximum atomic E-state index is 10.7. The van der Waals surface area contributed by atoms with E-state index in [4.69, 9.17) is 5.90 Å². The summed E-state index contributed by atoms with van der Waals surface area (Å²) >= 11 is 0. The van der Waals surface area contributed by atoms with Gasteiger partial charge in [-0.3, -0.25) is 4.79 Å². The number of carbonyl (C=O) groups is 1. The average Bonchev–Trinajstić information content (AvgIpc) is 2.28. The summed E-state index contributed by atoms with van der Waals surface area (Å²) in [6.45, 7) is 2.46. The first-order valence-electron chi connectivity index (χ1n) is 5.04. The third-order valence-electron chi connectivity index (χ3n) is 2.02. The lowest BCUT2D eigenvalue weighted by Gasteiger charge is -2.02.